The van der Waals surface area contributed by atoms with Crippen molar-refractivity contribution in [1.82, 2.24) is 19.7 Å². The van der Waals surface area contributed by atoms with E-state index in [0.29, 0.717) is 27.8 Å². The zero-order valence-electron chi connectivity index (χ0n) is 12.1. The SMILES string of the molecule is COc1cccc(-n2nc3c4cc(Cl)ncc4[nH]cc-3c2=O)c1. The minimum atomic E-state index is -0.209. The van der Waals surface area contributed by atoms with Crippen LogP contribution >= 0.6 is 11.6 Å². The fraction of sp³-hybridized carbons (Fsp3) is 0.0625. The van der Waals surface area contributed by atoms with Crippen molar-refractivity contribution >= 4 is 22.5 Å². The predicted molar refractivity (Wildman–Crippen MR) is 87.7 cm³/mol. The molecule has 1 aromatic heterocycles. The molecule has 6 nitrogen and oxygen atoms in total. The van der Waals surface area contributed by atoms with Gasteiger partial charge in [-0.2, -0.15) is 9.78 Å². The van der Waals surface area contributed by atoms with Crippen molar-refractivity contribution in [2.75, 3.05) is 7.11 Å². The van der Waals surface area contributed by atoms with Gasteiger partial charge in [0.05, 0.1) is 30.1 Å². The molecule has 1 aromatic carbocycles. The third kappa shape index (κ3) is 2.15. The molecule has 23 heavy (non-hydrogen) atoms. The first-order chi connectivity index (χ1) is 11.2. The van der Waals surface area contributed by atoms with E-state index >= 15 is 0 Å². The highest BCUT2D eigenvalue weighted by Gasteiger charge is 2.19. The molecular formula is C16H11ClN4O2. The van der Waals surface area contributed by atoms with Crippen molar-refractivity contribution in [3.63, 3.8) is 0 Å². The Kier molecular flexibility index (Phi) is 3.06. The van der Waals surface area contributed by atoms with Gasteiger partial charge < -0.3 is 9.72 Å². The van der Waals surface area contributed by atoms with Crippen LogP contribution in [0.4, 0.5) is 0 Å². The monoisotopic (exact) mass is 326 g/mol. The summed E-state index contributed by atoms with van der Waals surface area (Å²) in [5.74, 6) is 0.658. The largest absolute Gasteiger partial charge is 0.497 e. The van der Waals surface area contributed by atoms with Crippen molar-refractivity contribution in [3.05, 3.63) is 58.2 Å². The summed E-state index contributed by atoms with van der Waals surface area (Å²) in [7, 11) is 1.58. The number of hydrogen-bond donors (Lipinski definition) is 1. The first-order valence-corrected chi connectivity index (χ1v) is 7.25. The number of nitrogens with zero attached hydrogens (tertiary/aromatic N) is 3. The van der Waals surface area contributed by atoms with Gasteiger partial charge in [-0.05, 0) is 18.2 Å². The molecule has 0 unspecified atom stereocenters. The van der Waals surface area contributed by atoms with E-state index in [2.05, 4.69) is 15.1 Å². The molecule has 2 aliphatic rings. The van der Waals surface area contributed by atoms with Crippen molar-refractivity contribution < 1.29 is 4.74 Å². The van der Waals surface area contributed by atoms with E-state index < -0.39 is 0 Å². The minimum absolute atomic E-state index is 0.209. The van der Waals surface area contributed by atoms with E-state index in [1.54, 1.807) is 37.7 Å². The number of halogens is 1. The molecule has 1 N–H and O–H groups in total. The maximum absolute atomic E-state index is 12.6. The summed E-state index contributed by atoms with van der Waals surface area (Å²) in [6.07, 6.45) is 3.26. The zero-order chi connectivity index (χ0) is 16.0. The number of hydrogen-bond acceptors (Lipinski definition) is 4. The lowest BCUT2D eigenvalue weighted by Gasteiger charge is -2.03. The second kappa shape index (κ2) is 5.10. The number of nitrogens with one attached hydrogen (secondary N) is 1. The van der Waals surface area contributed by atoms with Gasteiger partial charge in [0.25, 0.3) is 5.56 Å². The van der Waals surface area contributed by atoms with Gasteiger partial charge in [-0.25, -0.2) is 4.98 Å². The molecule has 2 aromatic rings. The van der Waals surface area contributed by atoms with Crippen LogP contribution in [0.3, 0.4) is 0 Å². The summed E-state index contributed by atoms with van der Waals surface area (Å²) >= 11 is 5.97. The van der Waals surface area contributed by atoms with E-state index in [9.17, 15) is 4.79 Å². The number of aromatic nitrogens is 4. The third-order valence-corrected chi connectivity index (χ3v) is 3.88. The Morgan fingerprint density at radius 1 is 1.30 bits per heavy atom. The lowest BCUT2D eigenvalue weighted by molar-refractivity contribution is 0.414. The van der Waals surface area contributed by atoms with Crippen LogP contribution in [0.5, 0.6) is 5.75 Å². The molecule has 4 rings (SSSR count). The van der Waals surface area contributed by atoms with Gasteiger partial charge in [-0.1, -0.05) is 17.7 Å². The second-order valence-corrected chi connectivity index (χ2v) is 5.41. The summed E-state index contributed by atoms with van der Waals surface area (Å²) < 4.78 is 6.56. The van der Waals surface area contributed by atoms with Gasteiger partial charge in [-0.3, -0.25) is 4.79 Å². The van der Waals surface area contributed by atoms with Crippen molar-refractivity contribution in [2.24, 2.45) is 0 Å². The number of fused-ring (bicyclic) bond motifs is 3. The average Bonchev–Trinajstić information content (AvgIpc) is 2.92. The van der Waals surface area contributed by atoms with Crippen LogP contribution in [0.1, 0.15) is 0 Å². The van der Waals surface area contributed by atoms with Crippen molar-refractivity contribution in [1.29, 1.82) is 0 Å². The Morgan fingerprint density at radius 3 is 3.00 bits per heavy atom. The van der Waals surface area contributed by atoms with E-state index in [0.717, 1.165) is 10.9 Å². The molecule has 0 amide bonds. The normalized spacial score (nSPS) is 11.2. The van der Waals surface area contributed by atoms with E-state index in [1.165, 1.54) is 4.68 Å². The highest BCUT2D eigenvalue weighted by atomic mass is 35.5. The highest BCUT2D eigenvalue weighted by Crippen LogP contribution is 2.27. The molecule has 0 saturated carbocycles. The smallest absolute Gasteiger partial charge is 0.282 e. The molecule has 0 radical (unpaired) electrons. The maximum atomic E-state index is 12.6. The van der Waals surface area contributed by atoms with Gasteiger partial charge in [-0.15, -0.1) is 0 Å². The fourth-order valence-corrected chi connectivity index (χ4v) is 2.71. The summed E-state index contributed by atoms with van der Waals surface area (Å²) in [6.45, 7) is 0. The van der Waals surface area contributed by atoms with Crippen LogP contribution in [0.15, 0.2) is 47.5 Å². The van der Waals surface area contributed by atoms with E-state index in [-0.39, 0.29) is 5.56 Å². The zero-order valence-corrected chi connectivity index (χ0v) is 12.8. The number of aromatic amines is 1. The number of pyridine rings is 2. The number of ether oxygens (including phenoxy) is 1. The van der Waals surface area contributed by atoms with Gasteiger partial charge in [0.2, 0.25) is 0 Å². The first-order valence-electron chi connectivity index (χ1n) is 6.87. The Labute approximate surface area is 135 Å². The molecule has 0 bridgehead atoms. The molecule has 114 valence electrons. The number of rotatable bonds is 2. The lowest BCUT2D eigenvalue weighted by Crippen LogP contribution is -2.14. The molecule has 7 heteroatoms. The molecule has 0 saturated heterocycles. The highest BCUT2D eigenvalue weighted by molar-refractivity contribution is 6.30. The van der Waals surface area contributed by atoms with Gasteiger partial charge >= 0.3 is 0 Å². The third-order valence-electron chi connectivity index (χ3n) is 3.67. The Morgan fingerprint density at radius 2 is 2.17 bits per heavy atom. The van der Waals surface area contributed by atoms with Crippen LogP contribution in [0.2, 0.25) is 5.15 Å². The van der Waals surface area contributed by atoms with Gasteiger partial charge in [0, 0.05) is 17.6 Å². The molecule has 3 heterocycles. The molecule has 0 fully saturated rings. The number of methoxy groups -OCH3 is 1. The summed E-state index contributed by atoms with van der Waals surface area (Å²) in [6, 6.07) is 8.87. The van der Waals surface area contributed by atoms with Gasteiger partial charge in [0.1, 0.15) is 16.6 Å². The second-order valence-electron chi connectivity index (χ2n) is 5.02. The van der Waals surface area contributed by atoms with Crippen LogP contribution < -0.4 is 10.3 Å². The Hall–Kier alpha value is -2.86. The maximum Gasteiger partial charge on any atom is 0.282 e. The van der Waals surface area contributed by atoms with Crippen molar-refractivity contribution in [2.45, 2.75) is 0 Å². The Balaban J connectivity index is 2.03. The first kappa shape index (κ1) is 13.8. The molecule has 0 atom stereocenters. The Bertz CT molecular complexity index is 1050. The summed E-state index contributed by atoms with van der Waals surface area (Å²) in [5, 5.41) is 5.57. The lowest BCUT2D eigenvalue weighted by atomic mass is 10.1. The fourth-order valence-electron chi connectivity index (χ4n) is 2.55. The van der Waals surface area contributed by atoms with Crippen molar-refractivity contribution in [3.8, 4) is 22.7 Å². The predicted octanol–water partition coefficient (Wildman–Crippen LogP) is 2.88. The average molecular weight is 327 g/mol. The van der Waals surface area contributed by atoms with Crippen LogP contribution in [-0.4, -0.2) is 26.9 Å². The quantitative estimate of drug-likeness (QED) is 0.575. The molecular weight excluding hydrogens is 316 g/mol. The van der Waals surface area contributed by atoms with Crippen LogP contribution in [-0.2, 0) is 0 Å². The molecule has 0 aliphatic carbocycles. The topological polar surface area (TPSA) is 72.8 Å². The van der Waals surface area contributed by atoms with Crippen LogP contribution in [0, 0.1) is 0 Å². The van der Waals surface area contributed by atoms with Gasteiger partial charge in [0.15, 0.2) is 0 Å². The summed E-state index contributed by atoms with van der Waals surface area (Å²) in [4.78, 5) is 19.7. The van der Waals surface area contributed by atoms with Crippen LogP contribution in [0.25, 0.3) is 27.8 Å². The summed E-state index contributed by atoms with van der Waals surface area (Å²) in [5.41, 5.74) is 2.26. The standard InChI is InChI=1S/C16H11ClN4O2/c1-23-10-4-2-3-9(5-10)21-16(22)12-7-18-13-8-19-14(17)6-11(13)15(12)20-21/h2-8,18H,1H3. The molecule has 2 aliphatic heterocycles. The van der Waals surface area contributed by atoms with E-state index in [1.807, 2.05) is 12.1 Å². The van der Waals surface area contributed by atoms with E-state index in [4.69, 9.17) is 16.3 Å². The number of H-pyrrole nitrogens is 1. The minimum Gasteiger partial charge on any atom is -0.497 e. The number of benzene rings is 1. The molecule has 0 spiro atoms.